The minimum atomic E-state index is -0.366. The lowest BCUT2D eigenvalue weighted by atomic mass is 10.1. The molecule has 6 nitrogen and oxygen atoms in total. The van der Waals surface area contributed by atoms with Gasteiger partial charge in [-0.25, -0.2) is 4.98 Å². The summed E-state index contributed by atoms with van der Waals surface area (Å²) in [7, 11) is 3.25. The van der Waals surface area contributed by atoms with Crippen LogP contribution >= 0.6 is 0 Å². The van der Waals surface area contributed by atoms with Gasteiger partial charge >= 0.3 is 5.97 Å². The van der Waals surface area contributed by atoms with Gasteiger partial charge < -0.3 is 18.9 Å². The van der Waals surface area contributed by atoms with Gasteiger partial charge in [-0.05, 0) is 29.8 Å². The van der Waals surface area contributed by atoms with Crippen molar-refractivity contribution < 1.29 is 23.7 Å². The number of benzene rings is 2. The van der Waals surface area contributed by atoms with Crippen LogP contribution < -0.4 is 14.2 Å². The van der Waals surface area contributed by atoms with Gasteiger partial charge in [-0.3, -0.25) is 4.79 Å². The molecule has 6 heteroatoms. The number of aromatic nitrogens is 1. The van der Waals surface area contributed by atoms with Crippen molar-refractivity contribution in [2.24, 2.45) is 0 Å². The smallest absolute Gasteiger partial charge is 0.303 e. The Morgan fingerprint density at radius 3 is 2.34 bits per heavy atom. The second-order valence-corrected chi connectivity index (χ2v) is 6.30. The first kappa shape index (κ1) is 20.2. The molecule has 0 bridgehead atoms. The summed E-state index contributed by atoms with van der Waals surface area (Å²) < 4.78 is 21.7. The average molecular weight is 393 g/mol. The summed E-state index contributed by atoms with van der Waals surface area (Å²) in [6, 6.07) is 18.9. The number of methoxy groups -OCH3 is 2. The third-order valence-electron chi connectivity index (χ3n) is 4.22. The number of nitrogens with zero attached hydrogens (tertiary/aromatic N) is 1. The van der Waals surface area contributed by atoms with Crippen LogP contribution in [0, 0.1) is 0 Å². The molecule has 0 atom stereocenters. The number of hydrogen-bond donors (Lipinski definition) is 0. The van der Waals surface area contributed by atoms with Gasteiger partial charge in [0.1, 0.15) is 30.5 Å². The van der Waals surface area contributed by atoms with E-state index in [9.17, 15) is 4.79 Å². The minimum Gasteiger partial charge on any atom is -0.497 e. The van der Waals surface area contributed by atoms with Gasteiger partial charge in [-0.15, -0.1) is 0 Å². The summed E-state index contributed by atoms with van der Waals surface area (Å²) in [5, 5.41) is 0. The Bertz CT molecular complexity index is 969. The standard InChI is InChI=1S/C23H23NO5/c1-16(25)28-15-18-12-20(29-14-17-8-10-19(26-2)11-9-17)13-22(24-18)21-6-4-5-7-23(21)27-3/h4-13H,14-15H2,1-3H3. The Morgan fingerprint density at radius 1 is 0.897 bits per heavy atom. The van der Waals surface area contributed by atoms with Crippen molar-refractivity contribution in [1.29, 1.82) is 0 Å². The molecule has 0 aliphatic rings. The van der Waals surface area contributed by atoms with Gasteiger partial charge in [0.05, 0.1) is 25.6 Å². The molecule has 0 unspecified atom stereocenters. The van der Waals surface area contributed by atoms with E-state index in [0.717, 1.165) is 16.9 Å². The largest absolute Gasteiger partial charge is 0.497 e. The molecule has 0 saturated carbocycles. The van der Waals surface area contributed by atoms with Crippen LogP contribution in [0.1, 0.15) is 18.2 Å². The molecule has 0 radical (unpaired) electrons. The summed E-state index contributed by atoms with van der Waals surface area (Å²) in [6.45, 7) is 1.81. The van der Waals surface area contributed by atoms with Crippen molar-refractivity contribution in [3.8, 4) is 28.5 Å². The second-order valence-electron chi connectivity index (χ2n) is 6.30. The molecule has 0 aliphatic carbocycles. The Labute approximate surface area is 170 Å². The van der Waals surface area contributed by atoms with E-state index in [2.05, 4.69) is 4.98 Å². The second kappa shape index (κ2) is 9.59. The predicted molar refractivity (Wildman–Crippen MR) is 109 cm³/mol. The highest BCUT2D eigenvalue weighted by Gasteiger charge is 2.11. The first-order valence-electron chi connectivity index (χ1n) is 9.12. The lowest BCUT2D eigenvalue weighted by Gasteiger charge is -2.13. The van der Waals surface area contributed by atoms with E-state index < -0.39 is 0 Å². The van der Waals surface area contributed by atoms with Crippen LogP contribution in [-0.2, 0) is 22.7 Å². The molecule has 0 fully saturated rings. The molecule has 1 aromatic heterocycles. The third kappa shape index (κ3) is 5.48. The number of ether oxygens (including phenoxy) is 4. The molecule has 2 aromatic carbocycles. The maximum atomic E-state index is 11.2. The van der Waals surface area contributed by atoms with E-state index in [1.54, 1.807) is 20.3 Å². The monoisotopic (exact) mass is 393 g/mol. The van der Waals surface area contributed by atoms with E-state index in [0.29, 0.717) is 29.5 Å². The zero-order valence-corrected chi connectivity index (χ0v) is 16.7. The molecule has 150 valence electrons. The van der Waals surface area contributed by atoms with Gasteiger partial charge in [0.25, 0.3) is 0 Å². The summed E-state index contributed by atoms with van der Waals surface area (Å²) >= 11 is 0. The Morgan fingerprint density at radius 2 is 1.66 bits per heavy atom. The van der Waals surface area contributed by atoms with E-state index in [1.807, 2.05) is 54.6 Å². The molecule has 3 rings (SSSR count). The van der Waals surface area contributed by atoms with E-state index >= 15 is 0 Å². The quantitative estimate of drug-likeness (QED) is 0.528. The van der Waals surface area contributed by atoms with Crippen LogP contribution in [0.25, 0.3) is 11.3 Å². The SMILES string of the molecule is COc1ccc(COc2cc(COC(C)=O)nc(-c3ccccc3OC)c2)cc1. The predicted octanol–water partition coefficient (Wildman–Crippen LogP) is 4.41. The number of carbonyl (C=O) groups is 1. The van der Waals surface area contributed by atoms with E-state index in [4.69, 9.17) is 18.9 Å². The molecule has 0 N–H and O–H groups in total. The normalized spacial score (nSPS) is 10.3. The van der Waals surface area contributed by atoms with Crippen molar-refractivity contribution in [3.63, 3.8) is 0 Å². The number of para-hydroxylation sites is 1. The van der Waals surface area contributed by atoms with Crippen molar-refractivity contribution >= 4 is 5.97 Å². The fourth-order valence-electron chi connectivity index (χ4n) is 2.78. The molecule has 0 aliphatic heterocycles. The van der Waals surface area contributed by atoms with Crippen molar-refractivity contribution in [1.82, 2.24) is 4.98 Å². The fraction of sp³-hybridized carbons (Fsp3) is 0.217. The number of rotatable bonds is 8. The van der Waals surface area contributed by atoms with Gasteiger partial charge in [-0.2, -0.15) is 0 Å². The molecule has 0 spiro atoms. The van der Waals surface area contributed by atoms with Gasteiger partial charge in [0.15, 0.2) is 0 Å². The highest BCUT2D eigenvalue weighted by molar-refractivity contribution is 5.68. The Hall–Kier alpha value is -3.54. The first-order chi connectivity index (χ1) is 14.1. The van der Waals surface area contributed by atoms with Gasteiger partial charge in [-0.1, -0.05) is 24.3 Å². The number of esters is 1. The van der Waals surface area contributed by atoms with E-state index in [-0.39, 0.29) is 12.6 Å². The van der Waals surface area contributed by atoms with Crippen LogP contribution in [-0.4, -0.2) is 25.2 Å². The molecular weight excluding hydrogens is 370 g/mol. The molecule has 0 amide bonds. The molecule has 1 heterocycles. The number of pyridine rings is 1. The Kier molecular flexibility index (Phi) is 6.68. The minimum absolute atomic E-state index is 0.0667. The lowest BCUT2D eigenvalue weighted by Crippen LogP contribution is -2.03. The summed E-state index contributed by atoms with van der Waals surface area (Å²) in [5.74, 6) is 1.75. The topological polar surface area (TPSA) is 66.9 Å². The van der Waals surface area contributed by atoms with Crippen LogP contribution in [0.5, 0.6) is 17.2 Å². The van der Waals surface area contributed by atoms with Crippen molar-refractivity contribution in [3.05, 3.63) is 71.9 Å². The first-order valence-corrected chi connectivity index (χ1v) is 9.12. The van der Waals surface area contributed by atoms with Crippen LogP contribution in [0.2, 0.25) is 0 Å². The molecule has 3 aromatic rings. The van der Waals surface area contributed by atoms with Gasteiger partial charge in [0.2, 0.25) is 0 Å². The number of hydrogen-bond acceptors (Lipinski definition) is 6. The highest BCUT2D eigenvalue weighted by atomic mass is 16.5. The molecule has 0 saturated heterocycles. The molecule has 29 heavy (non-hydrogen) atoms. The maximum Gasteiger partial charge on any atom is 0.303 e. The average Bonchev–Trinajstić information content (AvgIpc) is 2.76. The summed E-state index contributed by atoms with van der Waals surface area (Å²) in [6.07, 6.45) is 0. The van der Waals surface area contributed by atoms with Crippen molar-refractivity contribution in [2.75, 3.05) is 14.2 Å². The van der Waals surface area contributed by atoms with Crippen LogP contribution in [0.4, 0.5) is 0 Å². The van der Waals surface area contributed by atoms with Gasteiger partial charge in [0, 0.05) is 24.6 Å². The summed E-state index contributed by atoms with van der Waals surface area (Å²) in [5.41, 5.74) is 3.10. The van der Waals surface area contributed by atoms with Crippen LogP contribution in [0.15, 0.2) is 60.7 Å². The van der Waals surface area contributed by atoms with E-state index in [1.165, 1.54) is 6.92 Å². The van der Waals surface area contributed by atoms with Crippen molar-refractivity contribution in [2.45, 2.75) is 20.1 Å². The Balaban J connectivity index is 1.88. The zero-order valence-electron chi connectivity index (χ0n) is 16.7. The number of carbonyl (C=O) groups excluding carboxylic acids is 1. The fourth-order valence-corrected chi connectivity index (χ4v) is 2.78. The van der Waals surface area contributed by atoms with Crippen LogP contribution in [0.3, 0.4) is 0 Å². The highest BCUT2D eigenvalue weighted by Crippen LogP contribution is 2.31. The lowest BCUT2D eigenvalue weighted by molar-refractivity contribution is -0.142. The molecular formula is C23H23NO5. The summed E-state index contributed by atoms with van der Waals surface area (Å²) in [4.78, 5) is 15.8. The maximum absolute atomic E-state index is 11.2. The third-order valence-corrected chi connectivity index (χ3v) is 4.22. The zero-order chi connectivity index (χ0) is 20.6.